The first-order valence-electron chi connectivity index (χ1n) is 12.7. The van der Waals surface area contributed by atoms with Gasteiger partial charge < -0.3 is 29.2 Å². The summed E-state index contributed by atoms with van der Waals surface area (Å²) in [6.07, 6.45) is 3.21. The van der Waals surface area contributed by atoms with Crippen molar-refractivity contribution in [3.8, 4) is 67.9 Å². The average Bonchev–Trinajstić information content (AvgIpc) is 2.94. The monoisotopic (exact) mass is 510 g/mol. The number of benzene rings is 4. The molecule has 0 amide bonds. The van der Waals surface area contributed by atoms with Crippen LogP contribution in [0.4, 0.5) is 0 Å². The van der Waals surface area contributed by atoms with Crippen LogP contribution < -0.4 is 18.9 Å². The van der Waals surface area contributed by atoms with Crippen molar-refractivity contribution in [2.45, 2.75) is 25.7 Å². The van der Waals surface area contributed by atoms with E-state index in [1.54, 1.807) is 28.4 Å². The van der Waals surface area contributed by atoms with Gasteiger partial charge in [-0.25, -0.2) is 0 Å². The van der Waals surface area contributed by atoms with Crippen LogP contribution in [0.25, 0.3) is 33.4 Å². The van der Waals surface area contributed by atoms with Gasteiger partial charge in [-0.1, -0.05) is 0 Å². The molecule has 38 heavy (non-hydrogen) atoms. The molecule has 2 aliphatic carbocycles. The predicted octanol–water partition coefficient (Wildman–Crippen LogP) is 6.33. The van der Waals surface area contributed by atoms with E-state index < -0.39 is 0 Å². The van der Waals surface area contributed by atoms with Gasteiger partial charge in [-0.05, 0) is 95.5 Å². The van der Waals surface area contributed by atoms with E-state index in [0.29, 0.717) is 11.1 Å². The minimum absolute atomic E-state index is 0.132. The summed E-state index contributed by atoms with van der Waals surface area (Å²) in [4.78, 5) is 0. The van der Waals surface area contributed by atoms with Gasteiger partial charge in [0, 0.05) is 34.4 Å². The Bertz CT molecular complexity index is 1430. The van der Waals surface area contributed by atoms with Crippen molar-refractivity contribution >= 4 is 0 Å². The number of methoxy groups -OCH3 is 4. The fraction of sp³-hybridized carbons (Fsp3) is 0.250. The van der Waals surface area contributed by atoms with E-state index in [-0.39, 0.29) is 11.5 Å². The number of aryl methyl sites for hydroxylation is 4. The summed E-state index contributed by atoms with van der Waals surface area (Å²) in [5.41, 5.74) is 9.43. The molecule has 2 aliphatic rings. The highest BCUT2D eigenvalue weighted by molar-refractivity contribution is 5.90. The number of phenolic OH excluding ortho intramolecular Hbond substituents is 2. The molecule has 0 aliphatic heterocycles. The fourth-order valence-electron chi connectivity index (χ4n) is 5.97. The molecule has 4 aromatic rings. The van der Waals surface area contributed by atoms with Crippen molar-refractivity contribution in [2.24, 2.45) is 0 Å². The molecule has 0 saturated carbocycles. The quantitative estimate of drug-likeness (QED) is 0.327. The normalized spacial score (nSPS) is 13.1. The highest BCUT2D eigenvalue weighted by Crippen LogP contribution is 2.50. The molecule has 0 saturated heterocycles. The summed E-state index contributed by atoms with van der Waals surface area (Å²) >= 11 is 0. The first kappa shape index (κ1) is 24.0. The van der Waals surface area contributed by atoms with Crippen molar-refractivity contribution in [1.82, 2.24) is 0 Å². The molecular weight excluding hydrogens is 480 g/mol. The molecule has 194 valence electrons. The van der Waals surface area contributed by atoms with Gasteiger partial charge in [-0.15, -0.1) is 0 Å². The van der Waals surface area contributed by atoms with Crippen LogP contribution in [0.15, 0.2) is 48.5 Å². The molecule has 0 radical (unpaired) electrons. The Morgan fingerprint density at radius 2 is 0.842 bits per heavy atom. The maximum atomic E-state index is 11.2. The number of aromatic hydroxyl groups is 2. The lowest BCUT2D eigenvalue weighted by Crippen LogP contribution is -2.07. The minimum atomic E-state index is 0.132. The molecule has 6 rings (SSSR count). The van der Waals surface area contributed by atoms with Gasteiger partial charge in [0.15, 0.2) is 0 Å². The largest absolute Gasteiger partial charge is 0.507 e. The zero-order valence-electron chi connectivity index (χ0n) is 22.0. The Kier molecular flexibility index (Phi) is 5.83. The number of hydrogen-bond donors (Lipinski definition) is 2. The maximum Gasteiger partial charge on any atom is 0.130 e. The third-order valence-corrected chi connectivity index (χ3v) is 7.83. The lowest BCUT2D eigenvalue weighted by atomic mass is 9.81. The van der Waals surface area contributed by atoms with E-state index in [1.807, 2.05) is 48.5 Å². The summed E-state index contributed by atoms with van der Waals surface area (Å²) < 4.78 is 22.5. The van der Waals surface area contributed by atoms with Crippen molar-refractivity contribution in [1.29, 1.82) is 0 Å². The molecular formula is C32H30O6. The van der Waals surface area contributed by atoms with Crippen molar-refractivity contribution in [2.75, 3.05) is 28.4 Å². The predicted molar refractivity (Wildman–Crippen MR) is 147 cm³/mol. The van der Waals surface area contributed by atoms with Gasteiger partial charge in [0.2, 0.25) is 0 Å². The van der Waals surface area contributed by atoms with Gasteiger partial charge in [0.1, 0.15) is 34.5 Å². The van der Waals surface area contributed by atoms with Crippen molar-refractivity contribution < 1.29 is 29.2 Å². The Hall–Kier alpha value is -4.32. The van der Waals surface area contributed by atoms with Crippen LogP contribution in [0.3, 0.4) is 0 Å². The summed E-state index contributed by atoms with van der Waals surface area (Å²) in [6, 6.07) is 15.4. The average molecular weight is 511 g/mol. The van der Waals surface area contributed by atoms with E-state index in [2.05, 4.69) is 0 Å². The highest BCUT2D eigenvalue weighted by Gasteiger charge is 2.27. The van der Waals surface area contributed by atoms with E-state index in [9.17, 15) is 10.2 Å². The van der Waals surface area contributed by atoms with Gasteiger partial charge >= 0.3 is 0 Å². The van der Waals surface area contributed by atoms with Gasteiger partial charge in [0.05, 0.1) is 28.4 Å². The highest BCUT2D eigenvalue weighted by atomic mass is 16.5. The standard InChI is InChI=1S/C32H30O6/c1-35-21-9-19-7-5-17-11-27(33)25(15-23(17)31(19)29(13-21)37-3)26-16-24-18(12-28(26)34)6-8-20-10-22(36-2)14-30(38-4)32(20)24/h9-16,33-34H,5-8H2,1-4H3. The topological polar surface area (TPSA) is 77.4 Å². The SMILES string of the molecule is COc1cc2c(c(OC)c1)-c1cc(-c3cc4c(cc3O)CCc3cc(OC)cc(OC)c3-4)c(O)cc1CC2. The summed E-state index contributed by atoms with van der Waals surface area (Å²) in [6.45, 7) is 0. The third kappa shape index (κ3) is 3.71. The number of fused-ring (bicyclic) bond motifs is 6. The lowest BCUT2D eigenvalue weighted by Gasteiger charge is -2.26. The van der Waals surface area contributed by atoms with Gasteiger partial charge in [-0.2, -0.15) is 0 Å². The molecule has 0 atom stereocenters. The van der Waals surface area contributed by atoms with Gasteiger partial charge in [-0.3, -0.25) is 0 Å². The van der Waals surface area contributed by atoms with E-state index in [1.165, 1.54) is 0 Å². The van der Waals surface area contributed by atoms with Crippen LogP contribution in [-0.2, 0) is 25.7 Å². The zero-order valence-corrected chi connectivity index (χ0v) is 22.0. The number of rotatable bonds is 5. The Labute approximate surface area is 222 Å². The molecule has 0 spiro atoms. The smallest absolute Gasteiger partial charge is 0.130 e. The molecule has 0 bridgehead atoms. The summed E-state index contributed by atoms with van der Waals surface area (Å²) in [5, 5.41) is 22.3. The van der Waals surface area contributed by atoms with Crippen LogP contribution in [0.1, 0.15) is 22.3 Å². The fourth-order valence-corrected chi connectivity index (χ4v) is 5.97. The number of hydrogen-bond acceptors (Lipinski definition) is 6. The molecule has 0 unspecified atom stereocenters. The Morgan fingerprint density at radius 3 is 1.21 bits per heavy atom. The molecule has 2 N–H and O–H groups in total. The molecule has 0 fully saturated rings. The second kappa shape index (κ2) is 9.21. The zero-order chi connectivity index (χ0) is 26.6. The van der Waals surface area contributed by atoms with Crippen molar-refractivity contribution in [3.05, 3.63) is 70.8 Å². The van der Waals surface area contributed by atoms with Crippen LogP contribution in [0, 0.1) is 0 Å². The lowest BCUT2D eigenvalue weighted by molar-refractivity contribution is 0.394. The number of phenols is 2. The molecule has 6 nitrogen and oxygen atoms in total. The van der Waals surface area contributed by atoms with Crippen LogP contribution in [0.5, 0.6) is 34.5 Å². The van der Waals surface area contributed by atoms with E-state index in [4.69, 9.17) is 18.9 Å². The number of ether oxygens (including phenoxy) is 4. The second-order valence-electron chi connectivity index (χ2n) is 9.78. The Morgan fingerprint density at radius 1 is 0.447 bits per heavy atom. The Balaban J connectivity index is 1.55. The minimum Gasteiger partial charge on any atom is -0.507 e. The first-order valence-corrected chi connectivity index (χ1v) is 12.7. The van der Waals surface area contributed by atoms with Crippen LogP contribution in [-0.4, -0.2) is 38.7 Å². The maximum absolute atomic E-state index is 11.2. The third-order valence-electron chi connectivity index (χ3n) is 7.83. The first-order chi connectivity index (χ1) is 18.4. The molecule has 0 aromatic heterocycles. The van der Waals surface area contributed by atoms with Gasteiger partial charge in [0.25, 0.3) is 0 Å². The second-order valence-corrected chi connectivity index (χ2v) is 9.78. The molecule has 6 heteroatoms. The van der Waals surface area contributed by atoms with Crippen molar-refractivity contribution in [3.63, 3.8) is 0 Å². The van der Waals surface area contributed by atoms with Crippen LogP contribution >= 0.6 is 0 Å². The van der Waals surface area contributed by atoms with Crippen LogP contribution in [0.2, 0.25) is 0 Å². The molecule has 0 heterocycles. The summed E-state index contributed by atoms with van der Waals surface area (Å²) in [5.74, 6) is 3.21. The van der Waals surface area contributed by atoms with E-state index in [0.717, 1.165) is 93.2 Å². The summed E-state index contributed by atoms with van der Waals surface area (Å²) in [7, 11) is 6.60. The molecule has 4 aromatic carbocycles. The van der Waals surface area contributed by atoms with E-state index >= 15 is 0 Å².